The van der Waals surface area contributed by atoms with Gasteiger partial charge in [-0.05, 0) is 35.7 Å². The first-order valence-corrected chi connectivity index (χ1v) is 5.36. The maximum absolute atomic E-state index is 5.98. The Morgan fingerprint density at radius 2 is 1.56 bits per heavy atom. The molecule has 2 aromatic carbocycles. The van der Waals surface area contributed by atoms with Gasteiger partial charge in [0, 0.05) is 17.8 Å². The average Bonchev–Trinajstić information content (AvgIpc) is 2.26. The van der Waals surface area contributed by atoms with Gasteiger partial charge in [-0.3, -0.25) is 0 Å². The van der Waals surface area contributed by atoms with Crippen LogP contribution in [0.15, 0.2) is 42.5 Å². The van der Waals surface area contributed by atoms with Crippen LogP contribution in [0.3, 0.4) is 0 Å². The first-order chi connectivity index (χ1) is 7.68. The van der Waals surface area contributed by atoms with Gasteiger partial charge >= 0.3 is 0 Å². The summed E-state index contributed by atoms with van der Waals surface area (Å²) in [5, 5.41) is 0. The molecular weight excluding hydrogens is 196 g/mol. The van der Waals surface area contributed by atoms with Crippen LogP contribution < -0.4 is 11.5 Å². The van der Waals surface area contributed by atoms with E-state index in [1.165, 1.54) is 11.1 Å². The molecule has 0 bridgehead atoms. The van der Waals surface area contributed by atoms with E-state index in [1.54, 1.807) is 0 Å². The fraction of sp³-hybridized carbons (Fsp3) is 0.143. The van der Waals surface area contributed by atoms with E-state index in [4.69, 9.17) is 11.5 Å². The number of benzene rings is 2. The van der Waals surface area contributed by atoms with E-state index < -0.39 is 0 Å². The minimum Gasteiger partial charge on any atom is -0.398 e. The van der Waals surface area contributed by atoms with Crippen molar-refractivity contribution in [1.29, 1.82) is 0 Å². The van der Waals surface area contributed by atoms with Crippen molar-refractivity contribution in [2.45, 2.75) is 13.3 Å². The molecule has 82 valence electrons. The van der Waals surface area contributed by atoms with Crippen LogP contribution in [0.2, 0.25) is 0 Å². The van der Waals surface area contributed by atoms with Crippen molar-refractivity contribution in [2.75, 3.05) is 11.5 Å². The molecule has 2 heteroatoms. The van der Waals surface area contributed by atoms with Crippen molar-refractivity contribution in [1.82, 2.24) is 0 Å². The van der Waals surface area contributed by atoms with E-state index in [0.29, 0.717) is 0 Å². The van der Waals surface area contributed by atoms with E-state index in [1.807, 2.05) is 36.4 Å². The minimum atomic E-state index is 0.797. The normalized spacial score (nSPS) is 10.3. The van der Waals surface area contributed by atoms with Gasteiger partial charge in [0.2, 0.25) is 0 Å². The third-order valence-corrected chi connectivity index (χ3v) is 2.87. The summed E-state index contributed by atoms with van der Waals surface area (Å²) in [5.74, 6) is 0. The van der Waals surface area contributed by atoms with Gasteiger partial charge in [0.25, 0.3) is 0 Å². The van der Waals surface area contributed by atoms with Crippen LogP contribution in [0, 0.1) is 6.92 Å². The molecule has 0 spiro atoms. The molecule has 0 aliphatic heterocycles. The highest BCUT2D eigenvalue weighted by atomic mass is 14.6. The van der Waals surface area contributed by atoms with Crippen LogP contribution >= 0.6 is 0 Å². The number of nitrogen functional groups attached to an aromatic ring is 2. The topological polar surface area (TPSA) is 52.0 Å². The molecule has 0 amide bonds. The Bertz CT molecular complexity index is 484. The summed E-state index contributed by atoms with van der Waals surface area (Å²) in [6.07, 6.45) is 0.797. The molecule has 2 aromatic rings. The summed E-state index contributed by atoms with van der Waals surface area (Å²) in [7, 11) is 0. The fourth-order valence-corrected chi connectivity index (χ4v) is 1.85. The number of nitrogens with two attached hydrogens (primary N) is 2. The lowest BCUT2D eigenvalue weighted by Gasteiger charge is -2.10. The summed E-state index contributed by atoms with van der Waals surface area (Å²) in [5.41, 5.74) is 17.1. The van der Waals surface area contributed by atoms with E-state index in [-0.39, 0.29) is 0 Å². The first kappa shape index (κ1) is 10.6. The molecule has 0 atom stereocenters. The zero-order valence-electron chi connectivity index (χ0n) is 9.40. The molecule has 0 heterocycles. The fourth-order valence-electron chi connectivity index (χ4n) is 1.85. The van der Waals surface area contributed by atoms with Crippen LogP contribution in [-0.2, 0) is 6.42 Å². The summed E-state index contributed by atoms with van der Waals surface area (Å²) in [4.78, 5) is 0. The first-order valence-electron chi connectivity index (χ1n) is 5.36. The lowest BCUT2D eigenvalue weighted by Crippen LogP contribution is -2.01. The van der Waals surface area contributed by atoms with Crippen LogP contribution in [0.1, 0.15) is 16.7 Å². The molecule has 0 radical (unpaired) electrons. The molecule has 0 aliphatic carbocycles. The summed E-state index contributed by atoms with van der Waals surface area (Å²) in [6, 6.07) is 13.9. The summed E-state index contributed by atoms with van der Waals surface area (Å²) >= 11 is 0. The van der Waals surface area contributed by atoms with Gasteiger partial charge in [-0.2, -0.15) is 0 Å². The highest BCUT2D eigenvalue weighted by Gasteiger charge is 2.05. The molecule has 0 fully saturated rings. The van der Waals surface area contributed by atoms with Crippen LogP contribution in [0.4, 0.5) is 11.4 Å². The molecule has 0 aromatic heterocycles. The second-order valence-electron chi connectivity index (χ2n) is 4.02. The molecule has 0 unspecified atom stereocenters. The van der Waals surface area contributed by atoms with Crippen LogP contribution in [0.5, 0.6) is 0 Å². The lowest BCUT2D eigenvalue weighted by atomic mass is 9.98. The van der Waals surface area contributed by atoms with Gasteiger partial charge in [0.1, 0.15) is 0 Å². The van der Waals surface area contributed by atoms with Crippen molar-refractivity contribution in [3.8, 4) is 0 Å². The lowest BCUT2D eigenvalue weighted by molar-refractivity contribution is 1.16. The molecule has 0 aliphatic rings. The monoisotopic (exact) mass is 212 g/mol. The predicted octanol–water partition coefficient (Wildman–Crippen LogP) is 2.75. The molecule has 16 heavy (non-hydrogen) atoms. The van der Waals surface area contributed by atoms with E-state index in [9.17, 15) is 0 Å². The maximum atomic E-state index is 5.98. The SMILES string of the molecule is Cc1cccc(N)c1Cc1ccccc1N. The van der Waals surface area contributed by atoms with Gasteiger partial charge in [0.15, 0.2) is 0 Å². The van der Waals surface area contributed by atoms with Crippen LogP contribution in [-0.4, -0.2) is 0 Å². The predicted molar refractivity (Wildman–Crippen MR) is 69.3 cm³/mol. The largest absolute Gasteiger partial charge is 0.398 e. The number of aryl methyl sites for hydroxylation is 1. The Hall–Kier alpha value is -1.96. The van der Waals surface area contributed by atoms with Crippen molar-refractivity contribution < 1.29 is 0 Å². The molecule has 2 nitrogen and oxygen atoms in total. The highest BCUT2D eigenvalue weighted by molar-refractivity contribution is 5.56. The van der Waals surface area contributed by atoms with E-state index >= 15 is 0 Å². The Morgan fingerprint density at radius 3 is 2.25 bits per heavy atom. The van der Waals surface area contributed by atoms with Crippen LogP contribution in [0.25, 0.3) is 0 Å². The maximum Gasteiger partial charge on any atom is 0.0352 e. The van der Waals surface area contributed by atoms with Gasteiger partial charge in [-0.15, -0.1) is 0 Å². The van der Waals surface area contributed by atoms with Gasteiger partial charge in [-0.1, -0.05) is 30.3 Å². The minimum absolute atomic E-state index is 0.797. The van der Waals surface area contributed by atoms with Gasteiger partial charge < -0.3 is 11.5 Å². The van der Waals surface area contributed by atoms with Gasteiger partial charge in [0.05, 0.1) is 0 Å². The number of rotatable bonds is 2. The molecule has 2 rings (SSSR count). The average molecular weight is 212 g/mol. The van der Waals surface area contributed by atoms with Crippen molar-refractivity contribution in [2.24, 2.45) is 0 Å². The Morgan fingerprint density at radius 1 is 0.875 bits per heavy atom. The second-order valence-corrected chi connectivity index (χ2v) is 4.02. The van der Waals surface area contributed by atoms with E-state index in [2.05, 4.69) is 13.0 Å². The third-order valence-electron chi connectivity index (χ3n) is 2.87. The highest BCUT2D eigenvalue weighted by Crippen LogP contribution is 2.22. The quantitative estimate of drug-likeness (QED) is 0.752. The molecular formula is C14H16N2. The number of hydrogen-bond acceptors (Lipinski definition) is 2. The standard InChI is InChI=1S/C14H16N2/c1-10-5-4-8-14(16)12(10)9-11-6-2-3-7-13(11)15/h2-8H,9,15-16H2,1H3. The Labute approximate surface area is 95.9 Å². The van der Waals surface area contributed by atoms with Gasteiger partial charge in [-0.25, -0.2) is 0 Å². The molecule has 0 saturated heterocycles. The number of anilines is 2. The van der Waals surface area contributed by atoms with Crippen molar-refractivity contribution >= 4 is 11.4 Å². The Balaban J connectivity index is 2.38. The van der Waals surface area contributed by atoms with Crippen molar-refractivity contribution in [3.63, 3.8) is 0 Å². The molecule has 4 N–H and O–H groups in total. The van der Waals surface area contributed by atoms with E-state index in [0.717, 1.165) is 23.4 Å². The summed E-state index contributed by atoms with van der Waals surface area (Å²) in [6.45, 7) is 2.07. The smallest absolute Gasteiger partial charge is 0.0352 e. The Kier molecular flexibility index (Phi) is 2.82. The number of para-hydroxylation sites is 1. The number of hydrogen-bond donors (Lipinski definition) is 2. The zero-order valence-corrected chi connectivity index (χ0v) is 9.40. The second kappa shape index (κ2) is 4.27. The summed E-state index contributed by atoms with van der Waals surface area (Å²) < 4.78 is 0. The van der Waals surface area contributed by atoms with Crippen molar-refractivity contribution in [3.05, 3.63) is 59.2 Å². The third kappa shape index (κ3) is 2.01. The zero-order chi connectivity index (χ0) is 11.5. The molecule has 0 saturated carbocycles.